The van der Waals surface area contributed by atoms with Crippen LogP contribution in [0.15, 0.2) is 23.9 Å². The van der Waals surface area contributed by atoms with Gasteiger partial charge in [0.25, 0.3) is 0 Å². The quantitative estimate of drug-likeness (QED) is 0.809. The molecule has 0 aliphatic rings. The largest absolute Gasteiger partial charge is 0.310 e. The normalized spacial score (nSPS) is 11.9. The third kappa shape index (κ3) is 2.13. The minimum atomic E-state index is -3.42. The van der Waals surface area contributed by atoms with Crippen LogP contribution in [-0.2, 0) is 16.4 Å². The third-order valence-corrected chi connectivity index (χ3v) is 3.84. The van der Waals surface area contributed by atoms with Crippen molar-refractivity contribution < 1.29 is 8.42 Å². The van der Waals surface area contributed by atoms with Crippen LogP contribution in [0.5, 0.6) is 0 Å². The summed E-state index contributed by atoms with van der Waals surface area (Å²) in [6.07, 6.45) is 2.71. The van der Waals surface area contributed by atoms with Crippen molar-refractivity contribution in [2.45, 2.75) is 18.6 Å². The third-order valence-electron chi connectivity index (χ3n) is 2.48. The summed E-state index contributed by atoms with van der Waals surface area (Å²) in [4.78, 5) is 8.25. The Morgan fingerprint density at radius 3 is 2.72 bits per heavy atom. The van der Waals surface area contributed by atoms with Gasteiger partial charge in [-0.3, -0.25) is 0 Å². The van der Waals surface area contributed by atoms with Crippen molar-refractivity contribution in [1.82, 2.24) is 14.5 Å². The first kappa shape index (κ1) is 13.0. The molecule has 0 spiro atoms. The maximum absolute atomic E-state index is 11.7. The number of rotatable bonds is 3. The molecule has 2 heterocycles. The molecule has 2 aromatic heterocycles. The highest BCUT2D eigenvalue weighted by Crippen LogP contribution is 2.23. The van der Waals surface area contributed by atoms with Crippen LogP contribution in [0, 0.1) is 6.92 Å². The number of allylic oxidation sites excluding steroid dienone is 1. The van der Waals surface area contributed by atoms with Crippen LogP contribution in [0.1, 0.15) is 5.69 Å². The van der Waals surface area contributed by atoms with Crippen molar-refractivity contribution in [1.29, 1.82) is 0 Å². The predicted octanol–water partition coefficient (Wildman–Crippen LogP) is 1.98. The van der Waals surface area contributed by atoms with Crippen molar-refractivity contribution in [3.05, 3.63) is 29.4 Å². The smallest absolute Gasteiger partial charge is 0.230 e. The predicted molar refractivity (Wildman–Crippen MR) is 70.6 cm³/mol. The number of fused-ring (bicyclic) bond motifs is 1. The number of pyridine rings is 1. The second kappa shape index (κ2) is 4.37. The Hall–Kier alpha value is -1.40. The molecule has 0 radical (unpaired) electrons. The summed E-state index contributed by atoms with van der Waals surface area (Å²) >= 11 is 6.00. The van der Waals surface area contributed by atoms with Gasteiger partial charge >= 0.3 is 0 Å². The number of sulfone groups is 1. The second-order valence-electron chi connectivity index (χ2n) is 3.96. The van der Waals surface area contributed by atoms with Crippen molar-refractivity contribution in [3.8, 4) is 0 Å². The van der Waals surface area contributed by atoms with Gasteiger partial charge in [0.2, 0.25) is 15.0 Å². The van der Waals surface area contributed by atoms with E-state index < -0.39 is 9.84 Å². The second-order valence-corrected chi connectivity index (χ2v) is 6.28. The minimum absolute atomic E-state index is 0.0217. The molecule has 0 amide bonds. The summed E-state index contributed by atoms with van der Waals surface area (Å²) < 4.78 is 24.9. The van der Waals surface area contributed by atoms with E-state index >= 15 is 0 Å². The summed E-state index contributed by atoms with van der Waals surface area (Å²) in [5.41, 5.74) is 1.58. The van der Waals surface area contributed by atoms with E-state index in [9.17, 15) is 8.42 Å². The SMILES string of the molecule is C=CCn1c(S(C)(=O)=O)nc2nc(C)c(Cl)cc21. The molecule has 0 N–H and O–H groups in total. The standard InChI is InChI=1S/C11H12ClN3O2S/c1-4-5-15-9-6-8(12)7(2)13-10(9)14-11(15)18(3,16)17/h4,6H,1,5H2,2-3H3. The van der Waals surface area contributed by atoms with Crippen LogP contribution in [0.2, 0.25) is 5.02 Å². The molecule has 0 saturated carbocycles. The zero-order chi connectivity index (χ0) is 13.5. The van der Waals surface area contributed by atoms with Crippen molar-refractivity contribution >= 4 is 32.6 Å². The molecular weight excluding hydrogens is 274 g/mol. The number of hydrogen-bond donors (Lipinski definition) is 0. The van der Waals surface area contributed by atoms with E-state index in [0.29, 0.717) is 28.4 Å². The molecule has 0 atom stereocenters. The van der Waals surface area contributed by atoms with E-state index in [1.807, 2.05) is 0 Å². The van der Waals surface area contributed by atoms with Gasteiger partial charge in [0.15, 0.2) is 5.65 Å². The molecule has 0 bridgehead atoms. The molecule has 0 fully saturated rings. The zero-order valence-corrected chi connectivity index (χ0v) is 11.6. The van der Waals surface area contributed by atoms with E-state index in [1.165, 1.54) is 4.57 Å². The summed E-state index contributed by atoms with van der Waals surface area (Å²) in [6, 6.07) is 1.67. The maximum Gasteiger partial charge on any atom is 0.230 e. The van der Waals surface area contributed by atoms with Gasteiger partial charge in [0.05, 0.1) is 16.2 Å². The van der Waals surface area contributed by atoms with Crippen molar-refractivity contribution in [2.24, 2.45) is 0 Å². The molecule has 2 aromatic rings. The van der Waals surface area contributed by atoms with Gasteiger partial charge in [0, 0.05) is 12.8 Å². The molecule has 18 heavy (non-hydrogen) atoms. The molecule has 0 aliphatic carbocycles. The van der Waals surface area contributed by atoms with Gasteiger partial charge in [0.1, 0.15) is 0 Å². The van der Waals surface area contributed by atoms with Crippen LogP contribution >= 0.6 is 11.6 Å². The molecule has 0 aliphatic heterocycles. The van der Waals surface area contributed by atoms with Crippen molar-refractivity contribution in [3.63, 3.8) is 0 Å². The first-order chi connectivity index (χ1) is 8.34. The number of aryl methyl sites for hydroxylation is 1. The maximum atomic E-state index is 11.7. The monoisotopic (exact) mass is 285 g/mol. The number of hydrogen-bond acceptors (Lipinski definition) is 4. The van der Waals surface area contributed by atoms with Gasteiger partial charge in [-0.15, -0.1) is 6.58 Å². The van der Waals surface area contributed by atoms with E-state index in [0.717, 1.165) is 6.26 Å². The average molecular weight is 286 g/mol. The molecule has 5 nitrogen and oxygen atoms in total. The lowest BCUT2D eigenvalue weighted by Crippen LogP contribution is -2.08. The van der Waals surface area contributed by atoms with E-state index in [-0.39, 0.29) is 5.16 Å². The Morgan fingerprint density at radius 1 is 1.50 bits per heavy atom. The first-order valence-electron chi connectivity index (χ1n) is 5.19. The lowest BCUT2D eigenvalue weighted by Gasteiger charge is -2.04. The number of halogens is 1. The zero-order valence-electron chi connectivity index (χ0n) is 10.0. The summed E-state index contributed by atoms with van der Waals surface area (Å²) in [7, 11) is -3.42. The van der Waals surface area contributed by atoms with Crippen LogP contribution in [0.3, 0.4) is 0 Å². The van der Waals surface area contributed by atoms with E-state index in [1.54, 1.807) is 19.1 Å². The molecule has 0 saturated heterocycles. The molecular formula is C11H12ClN3O2S. The number of imidazole rings is 1. The highest BCUT2D eigenvalue weighted by atomic mass is 35.5. The molecule has 96 valence electrons. The van der Waals surface area contributed by atoms with Crippen molar-refractivity contribution in [2.75, 3.05) is 6.26 Å². The van der Waals surface area contributed by atoms with Crippen LogP contribution in [0.4, 0.5) is 0 Å². The van der Waals surface area contributed by atoms with Gasteiger partial charge in [-0.1, -0.05) is 17.7 Å². The molecule has 2 rings (SSSR count). The highest BCUT2D eigenvalue weighted by Gasteiger charge is 2.20. The number of aromatic nitrogens is 3. The Morgan fingerprint density at radius 2 is 2.17 bits per heavy atom. The Bertz CT molecular complexity index is 734. The van der Waals surface area contributed by atoms with Crippen LogP contribution in [0.25, 0.3) is 11.2 Å². The summed E-state index contributed by atoms with van der Waals surface area (Å²) in [6.45, 7) is 5.69. The molecule has 0 unspecified atom stereocenters. The van der Waals surface area contributed by atoms with E-state index in [2.05, 4.69) is 16.5 Å². The number of nitrogens with zero attached hydrogens (tertiary/aromatic N) is 3. The van der Waals surface area contributed by atoms with Crippen LogP contribution in [-0.4, -0.2) is 29.2 Å². The lowest BCUT2D eigenvalue weighted by molar-refractivity contribution is 0.582. The lowest BCUT2D eigenvalue weighted by atomic mass is 10.3. The van der Waals surface area contributed by atoms with Gasteiger partial charge in [-0.25, -0.2) is 13.4 Å². The fraction of sp³-hybridized carbons (Fsp3) is 0.273. The van der Waals surface area contributed by atoms with E-state index in [4.69, 9.17) is 11.6 Å². The molecule has 0 aromatic carbocycles. The summed E-state index contributed by atoms with van der Waals surface area (Å²) in [5, 5.41) is 0.458. The average Bonchev–Trinajstić information content (AvgIpc) is 2.58. The fourth-order valence-electron chi connectivity index (χ4n) is 1.68. The Balaban J connectivity index is 2.88. The first-order valence-corrected chi connectivity index (χ1v) is 7.46. The highest BCUT2D eigenvalue weighted by molar-refractivity contribution is 7.90. The van der Waals surface area contributed by atoms with Gasteiger partial charge < -0.3 is 4.57 Å². The van der Waals surface area contributed by atoms with Gasteiger partial charge in [-0.2, -0.15) is 4.98 Å². The fourth-order valence-corrected chi connectivity index (χ4v) is 2.65. The van der Waals surface area contributed by atoms with Gasteiger partial charge in [-0.05, 0) is 13.0 Å². The minimum Gasteiger partial charge on any atom is -0.310 e. The van der Waals surface area contributed by atoms with Crippen LogP contribution < -0.4 is 0 Å². The Labute approximate surface area is 110 Å². The topological polar surface area (TPSA) is 64.8 Å². The Kier molecular flexibility index (Phi) is 3.16. The summed E-state index contributed by atoms with van der Waals surface area (Å²) in [5.74, 6) is 0. The molecule has 7 heteroatoms.